The van der Waals surface area contributed by atoms with Gasteiger partial charge in [-0.15, -0.1) is 11.3 Å². The number of hydrogen-bond donors (Lipinski definition) is 1. The summed E-state index contributed by atoms with van der Waals surface area (Å²) >= 11 is 1.82. The van der Waals surface area contributed by atoms with Crippen molar-refractivity contribution in [3.63, 3.8) is 0 Å². The van der Waals surface area contributed by atoms with Gasteiger partial charge in [0, 0.05) is 21.0 Å². The van der Waals surface area contributed by atoms with Gasteiger partial charge in [0.25, 0.3) is 0 Å². The van der Waals surface area contributed by atoms with Gasteiger partial charge >= 0.3 is 0 Å². The zero-order valence-electron chi connectivity index (χ0n) is 9.86. The molecular formula is C15H11NOS. The number of aromatic amines is 1. The van der Waals surface area contributed by atoms with Crippen molar-refractivity contribution in [2.45, 2.75) is 0 Å². The highest BCUT2D eigenvalue weighted by atomic mass is 32.1. The van der Waals surface area contributed by atoms with Gasteiger partial charge in [-0.2, -0.15) is 0 Å². The van der Waals surface area contributed by atoms with Crippen molar-refractivity contribution in [1.82, 2.24) is 4.98 Å². The second-order valence-corrected chi connectivity index (χ2v) is 5.39. The molecule has 0 saturated carbocycles. The Morgan fingerprint density at radius 2 is 1.94 bits per heavy atom. The van der Waals surface area contributed by atoms with E-state index in [4.69, 9.17) is 4.74 Å². The third-order valence-electron chi connectivity index (χ3n) is 3.33. The Morgan fingerprint density at radius 1 is 1.06 bits per heavy atom. The molecule has 18 heavy (non-hydrogen) atoms. The number of nitrogens with one attached hydrogen (secondary N) is 1. The minimum atomic E-state index is 0.913. The molecule has 0 amide bonds. The van der Waals surface area contributed by atoms with E-state index in [1.54, 1.807) is 7.11 Å². The molecule has 0 aliphatic rings. The van der Waals surface area contributed by atoms with Crippen LogP contribution in [-0.4, -0.2) is 12.1 Å². The lowest BCUT2D eigenvalue weighted by molar-refractivity contribution is 0.415. The van der Waals surface area contributed by atoms with E-state index >= 15 is 0 Å². The summed E-state index contributed by atoms with van der Waals surface area (Å²) in [6, 6.07) is 14.7. The minimum Gasteiger partial charge on any atom is -0.497 e. The summed E-state index contributed by atoms with van der Waals surface area (Å²) in [7, 11) is 1.70. The Bertz CT molecular complexity index is 872. The maximum atomic E-state index is 5.28. The zero-order chi connectivity index (χ0) is 12.1. The molecule has 2 nitrogen and oxygen atoms in total. The van der Waals surface area contributed by atoms with Crippen LogP contribution in [0.2, 0.25) is 0 Å². The Hall–Kier alpha value is -2.00. The van der Waals surface area contributed by atoms with E-state index in [1.165, 1.54) is 31.2 Å². The maximum absolute atomic E-state index is 5.28. The van der Waals surface area contributed by atoms with Crippen molar-refractivity contribution in [2.75, 3.05) is 7.11 Å². The molecule has 0 aliphatic heterocycles. The molecule has 0 atom stereocenters. The largest absolute Gasteiger partial charge is 0.497 e. The van der Waals surface area contributed by atoms with Gasteiger partial charge in [0.05, 0.1) is 17.3 Å². The Balaban J connectivity index is 2.18. The van der Waals surface area contributed by atoms with Crippen LogP contribution in [0.5, 0.6) is 5.75 Å². The molecule has 0 saturated heterocycles. The van der Waals surface area contributed by atoms with Gasteiger partial charge in [-0.05, 0) is 24.3 Å². The number of thiophene rings is 1. The maximum Gasteiger partial charge on any atom is 0.120 e. The molecule has 0 bridgehead atoms. The quantitative estimate of drug-likeness (QED) is 0.529. The van der Waals surface area contributed by atoms with E-state index < -0.39 is 0 Å². The Morgan fingerprint density at radius 3 is 2.83 bits per heavy atom. The minimum absolute atomic E-state index is 0.913. The zero-order valence-corrected chi connectivity index (χ0v) is 10.7. The summed E-state index contributed by atoms with van der Waals surface area (Å²) in [6.45, 7) is 0. The smallest absolute Gasteiger partial charge is 0.120 e. The van der Waals surface area contributed by atoms with Crippen molar-refractivity contribution in [2.24, 2.45) is 0 Å². The molecular weight excluding hydrogens is 242 g/mol. The van der Waals surface area contributed by atoms with E-state index in [1.807, 2.05) is 17.4 Å². The number of rotatable bonds is 1. The molecule has 88 valence electrons. The van der Waals surface area contributed by atoms with Gasteiger partial charge in [0.1, 0.15) is 5.75 Å². The summed E-state index contributed by atoms with van der Waals surface area (Å²) in [6.07, 6.45) is 0. The van der Waals surface area contributed by atoms with Crippen LogP contribution in [0.3, 0.4) is 0 Å². The topological polar surface area (TPSA) is 25.0 Å². The number of hydrogen-bond acceptors (Lipinski definition) is 2. The highest BCUT2D eigenvalue weighted by molar-refractivity contribution is 7.26. The average Bonchev–Trinajstić information content (AvgIpc) is 2.93. The Kier molecular flexibility index (Phi) is 1.94. The van der Waals surface area contributed by atoms with E-state index in [9.17, 15) is 0 Å². The first-order valence-corrected chi connectivity index (χ1v) is 6.65. The molecule has 2 aromatic heterocycles. The van der Waals surface area contributed by atoms with Crippen molar-refractivity contribution in [3.8, 4) is 5.75 Å². The van der Waals surface area contributed by atoms with Crippen LogP contribution < -0.4 is 4.74 Å². The number of H-pyrrole nitrogens is 1. The van der Waals surface area contributed by atoms with Crippen molar-refractivity contribution in [1.29, 1.82) is 0 Å². The van der Waals surface area contributed by atoms with Crippen LogP contribution >= 0.6 is 11.3 Å². The number of methoxy groups -OCH3 is 1. The van der Waals surface area contributed by atoms with Gasteiger partial charge in [0.2, 0.25) is 0 Å². The van der Waals surface area contributed by atoms with Crippen molar-refractivity contribution >= 4 is 42.5 Å². The first kappa shape index (κ1) is 9.97. The molecule has 0 fully saturated rings. The molecule has 3 heteroatoms. The van der Waals surface area contributed by atoms with Crippen LogP contribution in [0.4, 0.5) is 0 Å². The van der Waals surface area contributed by atoms with Crippen LogP contribution in [0, 0.1) is 0 Å². The molecule has 2 heterocycles. The van der Waals surface area contributed by atoms with E-state index in [0.29, 0.717) is 0 Å². The molecule has 1 N–H and O–H groups in total. The highest BCUT2D eigenvalue weighted by Crippen LogP contribution is 2.39. The average molecular weight is 253 g/mol. The van der Waals surface area contributed by atoms with Crippen LogP contribution in [0.25, 0.3) is 31.2 Å². The summed E-state index contributed by atoms with van der Waals surface area (Å²) in [5, 5.41) is 2.57. The number of ether oxygens (including phenoxy) is 1. The molecule has 0 spiro atoms. The van der Waals surface area contributed by atoms with Crippen molar-refractivity contribution < 1.29 is 4.74 Å². The molecule has 0 aliphatic carbocycles. The number of benzene rings is 2. The predicted molar refractivity (Wildman–Crippen MR) is 77.7 cm³/mol. The van der Waals surface area contributed by atoms with Gasteiger partial charge in [-0.1, -0.05) is 18.2 Å². The third-order valence-corrected chi connectivity index (χ3v) is 4.51. The summed E-state index contributed by atoms with van der Waals surface area (Å²) < 4.78 is 7.87. The fourth-order valence-electron chi connectivity index (χ4n) is 2.44. The van der Waals surface area contributed by atoms with Gasteiger partial charge in [0.15, 0.2) is 0 Å². The molecule has 2 aromatic carbocycles. The Labute approximate surface area is 108 Å². The summed E-state index contributed by atoms with van der Waals surface area (Å²) in [5.74, 6) is 0.913. The second kappa shape index (κ2) is 3.50. The standard InChI is InChI=1S/C15H11NOS/c1-17-9-6-7-11-13(8-9)18-15-10-4-2-3-5-12(10)16-14(11)15/h2-8,16H,1H3. The molecule has 4 aromatic rings. The number of para-hydroxylation sites is 1. The van der Waals surface area contributed by atoms with Gasteiger partial charge in [-0.25, -0.2) is 0 Å². The lowest BCUT2D eigenvalue weighted by Crippen LogP contribution is -1.80. The third kappa shape index (κ3) is 1.22. The SMILES string of the molecule is COc1ccc2c(c1)sc1c3ccccc3[nH]c21. The predicted octanol–water partition coefficient (Wildman–Crippen LogP) is 4.54. The highest BCUT2D eigenvalue weighted by Gasteiger charge is 2.11. The lowest BCUT2D eigenvalue weighted by atomic mass is 10.2. The normalized spacial score (nSPS) is 11.6. The van der Waals surface area contributed by atoms with Crippen molar-refractivity contribution in [3.05, 3.63) is 42.5 Å². The summed E-state index contributed by atoms with van der Waals surface area (Å²) in [4.78, 5) is 3.51. The molecule has 4 rings (SSSR count). The lowest BCUT2D eigenvalue weighted by Gasteiger charge is -1.98. The second-order valence-electron chi connectivity index (χ2n) is 4.34. The fraction of sp³-hybridized carbons (Fsp3) is 0.0667. The van der Waals surface area contributed by atoms with E-state index in [2.05, 4.69) is 41.4 Å². The van der Waals surface area contributed by atoms with Gasteiger partial charge in [-0.3, -0.25) is 0 Å². The monoisotopic (exact) mass is 253 g/mol. The summed E-state index contributed by atoms with van der Waals surface area (Å²) in [5.41, 5.74) is 2.44. The van der Waals surface area contributed by atoms with Crippen LogP contribution in [0.1, 0.15) is 0 Å². The first-order chi connectivity index (χ1) is 8.86. The van der Waals surface area contributed by atoms with E-state index in [-0.39, 0.29) is 0 Å². The van der Waals surface area contributed by atoms with Crippen LogP contribution in [-0.2, 0) is 0 Å². The first-order valence-electron chi connectivity index (χ1n) is 5.84. The van der Waals surface area contributed by atoms with Crippen LogP contribution in [0.15, 0.2) is 42.5 Å². The van der Waals surface area contributed by atoms with E-state index in [0.717, 1.165) is 5.75 Å². The number of aromatic nitrogens is 1. The number of fused-ring (bicyclic) bond motifs is 5. The molecule has 0 unspecified atom stereocenters. The fourth-order valence-corrected chi connectivity index (χ4v) is 3.67. The molecule has 0 radical (unpaired) electrons. The van der Waals surface area contributed by atoms with Gasteiger partial charge < -0.3 is 9.72 Å².